The van der Waals surface area contributed by atoms with Gasteiger partial charge in [-0.2, -0.15) is 0 Å². The van der Waals surface area contributed by atoms with E-state index in [2.05, 4.69) is 28.8 Å². The molecule has 3 rings (SSSR count). The van der Waals surface area contributed by atoms with E-state index in [0.717, 1.165) is 49.5 Å². The van der Waals surface area contributed by atoms with Gasteiger partial charge < -0.3 is 15.5 Å². The number of anilines is 2. The van der Waals surface area contributed by atoms with E-state index in [-0.39, 0.29) is 0 Å². The second kappa shape index (κ2) is 6.18. The highest BCUT2D eigenvalue weighted by Gasteiger charge is 2.34. The molecule has 0 radical (unpaired) electrons. The fourth-order valence-corrected chi connectivity index (χ4v) is 3.86. The van der Waals surface area contributed by atoms with E-state index >= 15 is 0 Å². The Bertz CT molecular complexity index is 490. The minimum atomic E-state index is 0.603. The first kappa shape index (κ1) is 14.6. The summed E-state index contributed by atoms with van der Waals surface area (Å²) in [6, 6.07) is 2.69. The first-order valence-corrected chi connectivity index (χ1v) is 8.26. The first-order chi connectivity index (χ1) is 10.2. The Labute approximate surface area is 127 Å². The summed E-state index contributed by atoms with van der Waals surface area (Å²) in [6.45, 7) is 5.59. The van der Waals surface area contributed by atoms with Crippen molar-refractivity contribution in [2.24, 2.45) is 5.92 Å². The minimum Gasteiger partial charge on any atom is -0.384 e. The third-order valence-corrected chi connectivity index (χ3v) is 4.92. The van der Waals surface area contributed by atoms with Crippen LogP contribution < -0.4 is 10.6 Å². The maximum Gasteiger partial charge on any atom is 0.134 e. The van der Waals surface area contributed by atoms with Crippen LogP contribution in [0.5, 0.6) is 0 Å². The molecule has 5 nitrogen and oxygen atoms in total. The summed E-state index contributed by atoms with van der Waals surface area (Å²) in [7, 11) is 2.27. The molecule has 1 aromatic rings. The van der Waals surface area contributed by atoms with Crippen LogP contribution in [0.2, 0.25) is 0 Å². The summed E-state index contributed by atoms with van der Waals surface area (Å²) in [5, 5.41) is 0. The van der Waals surface area contributed by atoms with Crippen molar-refractivity contribution in [3.8, 4) is 0 Å². The van der Waals surface area contributed by atoms with Crippen LogP contribution in [0, 0.1) is 5.92 Å². The summed E-state index contributed by atoms with van der Waals surface area (Å²) in [6.07, 6.45) is 5.85. The number of nitrogens with zero attached hydrogens (tertiary/aromatic N) is 4. The number of aryl methyl sites for hydroxylation is 1. The molecule has 2 saturated heterocycles. The smallest absolute Gasteiger partial charge is 0.134 e. The first-order valence-electron chi connectivity index (χ1n) is 8.26. The Morgan fingerprint density at radius 3 is 2.95 bits per heavy atom. The molecule has 0 amide bonds. The van der Waals surface area contributed by atoms with Crippen LogP contribution in [0.25, 0.3) is 0 Å². The van der Waals surface area contributed by atoms with E-state index in [0.29, 0.717) is 5.82 Å². The van der Waals surface area contributed by atoms with Crippen LogP contribution in [0.1, 0.15) is 38.4 Å². The topological polar surface area (TPSA) is 58.3 Å². The Balaban J connectivity index is 1.75. The lowest BCUT2D eigenvalue weighted by atomic mass is 9.84. The fraction of sp³-hybridized carbons (Fsp3) is 0.750. The normalized spacial score (nSPS) is 26.7. The predicted molar refractivity (Wildman–Crippen MR) is 86.4 cm³/mol. The summed E-state index contributed by atoms with van der Waals surface area (Å²) >= 11 is 0. The van der Waals surface area contributed by atoms with Gasteiger partial charge in [-0.25, -0.2) is 9.97 Å². The lowest BCUT2D eigenvalue weighted by Gasteiger charge is -2.46. The molecular formula is C16H27N5. The number of piperidine rings is 2. The van der Waals surface area contributed by atoms with Crippen LogP contribution in [0.15, 0.2) is 6.07 Å². The average Bonchev–Trinajstić information content (AvgIpc) is 2.47. The molecule has 2 aliphatic heterocycles. The quantitative estimate of drug-likeness (QED) is 0.921. The van der Waals surface area contributed by atoms with Crippen molar-refractivity contribution in [2.75, 3.05) is 37.3 Å². The number of hydrogen-bond acceptors (Lipinski definition) is 5. The Morgan fingerprint density at radius 1 is 1.29 bits per heavy atom. The largest absolute Gasteiger partial charge is 0.384 e. The van der Waals surface area contributed by atoms with Gasteiger partial charge in [0.1, 0.15) is 17.5 Å². The zero-order valence-electron chi connectivity index (χ0n) is 13.3. The van der Waals surface area contributed by atoms with E-state index in [9.17, 15) is 0 Å². The van der Waals surface area contributed by atoms with Crippen LogP contribution in [-0.2, 0) is 6.42 Å². The number of aromatic nitrogens is 2. The number of rotatable bonds is 3. The highest BCUT2D eigenvalue weighted by molar-refractivity contribution is 5.47. The van der Waals surface area contributed by atoms with Crippen molar-refractivity contribution >= 4 is 11.6 Å². The summed E-state index contributed by atoms with van der Waals surface area (Å²) < 4.78 is 0. The molecule has 1 aromatic heterocycles. The van der Waals surface area contributed by atoms with Crippen LogP contribution >= 0.6 is 0 Å². The molecule has 5 heteroatoms. The van der Waals surface area contributed by atoms with E-state index in [1.54, 1.807) is 0 Å². The maximum atomic E-state index is 5.96. The van der Waals surface area contributed by atoms with E-state index in [4.69, 9.17) is 10.7 Å². The fourth-order valence-electron chi connectivity index (χ4n) is 3.86. The molecule has 2 N–H and O–H groups in total. The van der Waals surface area contributed by atoms with Gasteiger partial charge in [-0.05, 0) is 45.2 Å². The number of fused-ring (bicyclic) bond motifs is 1. The number of likely N-dealkylation sites (tertiary alicyclic amines) is 1. The molecule has 0 aliphatic carbocycles. The lowest BCUT2D eigenvalue weighted by Crippen LogP contribution is -2.53. The maximum absolute atomic E-state index is 5.96. The molecule has 0 bridgehead atoms. The van der Waals surface area contributed by atoms with Crippen molar-refractivity contribution in [3.63, 3.8) is 0 Å². The van der Waals surface area contributed by atoms with Gasteiger partial charge in [0.15, 0.2) is 0 Å². The molecular weight excluding hydrogens is 262 g/mol. The summed E-state index contributed by atoms with van der Waals surface area (Å²) in [5.41, 5.74) is 5.96. The molecule has 2 atom stereocenters. The van der Waals surface area contributed by atoms with Crippen LogP contribution in [0.3, 0.4) is 0 Å². The molecule has 2 aliphatic rings. The third-order valence-electron chi connectivity index (χ3n) is 4.92. The standard InChI is InChI=1S/C16H27N5/c1-3-5-15-18-14(17)10-16(19-15)21-9-7-13-12(11-21)6-4-8-20(13)2/h10,12-13H,3-9,11H2,1-2H3,(H2,17,18,19). The third kappa shape index (κ3) is 3.12. The van der Waals surface area contributed by atoms with Crippen molar-refractivity contribution in [2.45, 2.75) is 45.1 Å². The molecule has 3 heterocycles. The van der Waals surface area contributed by atoms with Crippen molar-refractivity contribution in [3.05, 3.63) is 11.9 Å². The molecule has 0 saturated carbocycles. The summed E-state index contributed by atoms with van der Waals surface area (Å²) in [4.78, 5) is 14.0. The van der Waals surface area contributed by atoms with Crippen molar-refractivity contribution < 1.29 is 0 Å². The monoisotopic (exact) mass is 289 g/mol. The lowest BCUT2D eigenvalue weighted by molar-refractivity contribution is 0.102. The van der Waals surface area contributed by atoms with Gasteiger partial charge in [0.05, 0.1) is 0 Å². The number of nitrogen functional groups attached to an aromatic ring is 1. The molecule has 21 heavy (non-hydrogen) atoms. The van der Waals surface area contributed by atoms with Gasteiger partial charge in [0, 0.05) is 31.6 Å². The van der Waals surface area contributed by atoms with Gasteiger partial charge >= 0.3 is 0 Å². The molecule has 0 aromatic carbocycles. The molecule has 2 unspecified atom stereocenters. The number of nitrogens with two attached hydrogens (primary N) is 1. The Kier molecular flexibility index (Phi) is 4.29. The minimum absolute atomic E-state index is 0.603. The molecule has 2 fully saturated rings. The van der Waals surface area contributed by atoms with Crippen molar-refractivity contribution in [1.82, 2.24) is 14.9 Å². The molecule has 0 spiro atoms. The van der Waals surface area contributed by atoms with Crippen LogP contribution in [0.4, 0.5) is 11.6 Å². The second-order valence-corrected chi connectivity index (χ2v) is 6.50. The Morgan fingerprint density at radius 2 is 2.14 bits per heavy atom. The average molecular weight is 289 g/mol. The van der Waals surface area contributed by atoms with Gasteiger partial charge in [0.2, 0.25) is 0 Å². The number of hydrogen-bond donors (Lipinski definition) is 1. The molecule has 116 valence electrons. The SMILES string of the molecule is CCCc1nc(N)cc(N2CCC3C(CCCN3C)C2)n1. The zero-order valence-corrected chi connectivity index (χ0v) is 13.3. The zero-order chi connectivity index (χ0) is 14.8. The van der Waals surface area contributed by atoms with E-state index < -0.39 is 0 Å². The van der Waals surface area contributed by atoms with E-state index in [1.807, 2.05) is 6.07 Å². The van der Waals surface area contributed by atoms with Gasteiger partial charge in [-0.15, -0.1) is 0 Å². The van der Waals surface area contributed by atoms with Crippen LogP contribution in [-0.4, -0.2) is 47.6 Å². The van der Waals surface area contributed by atoms with E-state index in [1.165, 1.54) is 25.8 Å². The predicted octanol–water partition coefficient (Wildman–Crippen LogP) is 1.93. The second-order valence-electron chi connectivity index (χ2n) is 6.50. The van der Waals surface area contributed by atoms with Gasteiger partial charge in [0.25, 0.3) is 0 Å². The highest BCUT2D eigenvalue weighted by atomic mass is 15.2. The summed E-state index contributed by atoms with van der Waals surface area (Å²) in [5.74, 6) is 3.28. The Hall–Kier alpha value is -1.36. The van der Waals surface area contributed by atoms with Crippen molar-refractivity contribution in [1.29, 1.82) is 0 Å². The van der Waals surface area contributed by atoms with Gasteiger partial charge in [-0.3, -0.25) is 0 Å². The van der Waals surface area contributed by atoms with Gasteiger partial charge in [-0.1, -0.05) is 6.92 Å². The highest BCUT2D eigenvalue weighted by Crippen LogP contribution is 2.31.